The van der Waals surface area contributed by atoms with E-state index in [0.717, 1.165) is 43.3 Å². The summed E-state index contributed by atoms with van der Waals surface area (Å²) in [6.07, 6.45) is 6.94. The Morgan fingerprint density at radius 1 is 0.939 bits per heavy atom. The molecule has 1 amide bonds. The Hall–Kier alpha value is -3.35. The van der Waals surface area contributed by atoms with Gasteiger partial charge in [-0.3, -0.25) is 14.3 Å². The Labute approximate surface area is 192 Å². The summed E-state index contributed by atoms with van der Waals surface area (Å²) in [5, 5.41) is 0.532. The van der Waals surface area contributed by atoms with Crippen molar-refractivity contribution in [2.45, 2.75) is 57.0 Å². The lowest BCUT2D eigenvalue weighted by atomic mass is 9.95. The predicted octanol–water partition coefficient (Wildman–Crippen LogP) is 4.08. The fraction of sp³-hybridized carbons (Fsp3) is 0.423. The van der Waals surface area contributed by atoms with Crippen molar-refractivity contribution in [3.8, 4) is 5.69 Å². The molecule has 3 aromatic rings. The topological polar surface area (TPSA) is 73.5 Å². The van der Waals surface area contributed by atoms with Crippen LogP contribution in [0, 0.1) is 0 Å². The molecule has 0 N–H and O–H groups in total. The van der Waals surface area contributed by atoms with Crippen molar-refractivity contribution in [1.82, 2.24) is 14.3 Å². The zero-order valence-corrected chi connectivity index (χ0v) is 18.9. The van der Waals surface area contributed by atoms with E-state index < -0.39 is 12.0 Å². The number of likely N-dealkylation sites (tertiary alicyclic amines) is 1. The Kier molecular flexibility index (Phi) is 5.79. The average Bonchev–Trinajstić information content (AvgIpc) is 3.47. The molecule has 1 atom stereocenters. The molecule has 1 saturated heterocycles. The zero-order chi connectivity index (χ0) is 22.9. The van der Waals surface area contributed by atoms with Gasteiger partial charge in [-0.1, -0.05) is 37.5 Å². The summed E-state index contributed by atoms with van der Waals surface area (Å²) in [7, 11) is 1.34. The zero-order valence-electron chi connectivity index (χ0n) is 18.9. The van der Waals surface area contributed by atoms with Crippen molar-refractivity contribution in [2.75, 3.05) is 13.7 Å². The van der Waals surface area contributed by atoms with Crippen LogP contribution in [0.15, 0.2) is 53.3 Å². The van der Waals surface area contributed by atoms with Crippen LogP contribution in [-0.2, 0) is 9.53 Å². The summed E-state index contributed by atoms with van der Waals surface area (Å²) in [4.78, 5) is 40.7. The number of hydrogen-bond acceptors (Lipinski definition) is 4. The van der Waals surface area contributed by atoms with E-state index in [9.17, 15) is 14.4 Å². The van der Waals surface area contributed by atoms with Crippen LogP contribution >= 0.6 is 0 Å². The van der Waals surface area contributed by atoms with E-state index in [2.05, 4.69) is 4.68 Å². The highest BCUT2D eigenvalue weighted by atomic mass is 16.5. The number of benzene rings is 2. The quantitative estimate of drug-likeness (QED) is 0.565. The van der Waals surface area contributed by atoms with Gasteiger partial charge in [0.05, 0.1) is 29.7 Å². The van der Waals surface area contributed by atoms with E-state index >= 15 is 0 Å². The minimum absolute atomic E-state index is 0.123. The monoisotopic (exact) mass is 447 g/mol. The smallest absolute Gasteiger partial charge is 0.328 e. The maximum atomic E-state index is 13.7. The first-order valence-electron chi connectivity index (χ1n) is 11.8. The number of ether oxygens (including phenoxy) is 1. The summed E-state index contributed by atoms with van der Waals surface area (Å²) in [6.45, 7) is 0.508. The molecule has 33 heavy (non-hydrogen) atoms. The number of esters is 1. The number of fused-ring (bicyclic) bond motifs is 1. The minimum Gasteiger partial charge on any atom is -0.467 e. The molecule has 1 aliphatic heterocycles. The first-order valence-corrected chi connectivity index (χ1v) is 11.8. The van der Waals surface area contributed by atoms with Crippen molar-refractivity contribution >= 4 is 22.8 Å². The molecule has 172 valence electrons. The average molecular weight is 448 g/mol. The van der Waals surface area contributed by atoms with Crippen molar-refractivity contribution in [1.29, 1.82) is 0 Å². The molecule has 5 rings (SSSR count). The van der Waals surface area contributed by atoms with Gasteiger partial charge in [-0.05, 0) is 56.0 Å². The lowest BCUT2D eigenvalue weighted by Gasteiger charge is -2.26. The number of amides is 1. The van der Waals surface area contributed by atoms with Gasteiger partial charge in [-0.25, -0.2) is 9.48 Å². The van der Waals surface area contributed by atoms with Gasteiger partial charge in [-0.2, -0.15) is 0 Å². The number of rotatable bonds is 4. The maximum absolute atomic E-state index is 13.7. The van der Waals surface area contributed by atoms with Crippen LogP contribution in [0.4, 0.5) is 0 Å². The van der Waals surface area contributed by atoms with Crippen LogP contribution in [0.5, 0.6) is 0 Å². The summed E-state index contributed by atoms with van der Waals surface area (Å²) in [5.74, 6) is -0.627. The van der Waals surface area contributed by atoms with E-state index in [4.69, 9.17) is 4.74 Å². The molecule has 0 bridgehead atoms. The van der Waals surface area contributed by atoms with Gasteiger partial charge in [0.15, 0.2) is 0 Å². The summed E-state index contributed by atoms with van der Waals surface area (Å²) >= 11 is 0. The summed E-state index contributed by atoms with van der Waals surface area (Å²) in [5.41, 5.74) is 1.97. The molecule has 2 aliphatic rings. The second kappa shape index (κ2) is 8.89. The Bertz CT molecular complexity index is 1240. The molecule has 2 heterocycles. The Morgan fingerprint density at radius 3 is 2.42 bits per heavy atom. The van der Waals surface area contributed by atoms with Crippen LogP contribution in [0.1, 0.15) is 61.3 Å². The highest BCUT2D eigenvalue weighted by Gasteiger charge is 2.35. The van der Waals surface area contributed by atoms with E-state index in [1.807, 2.05) is 36.4 Å². The van der Waals surface area contributed by atoms with Gasteiger partial charge in [-0.15, -0.1) is 0 Å². The fourth-order valence-electron chi connectivity index (χ4n) is 5.41. The minimum atomic E-state index is -0.564. The third-order valence-electron chi connectivity index (χ3n) is 7.04. The number of carbonyl (C=O) groups is 2. The molecular formula is C26H29N3O4. The SMILES string of the molecule is COC(=O)[C@@H]1CCCN1C(=O)c1ccc2c(c1)c(=O)n(-c1ccccc1)n2C1CCCCC1. The third-order valence-corrected chi connectivity index (χ3v) is 7.04. The van der Waals surface area contributed by atoms with Gasteiger partial charge in [0.1, 0.15) is 6.04 Å². The number of methoxy groups -OCH3 is 1. The summed E-state index contributed by atoms with van der Waals surface area (Å²) < 4.78 is 8.78. The molecule has 1 aromatic heterocycles. The van der Waals surface area contributed by atoms with Crippen LogP contribution in [-0.4, -0.2) is 45.8 Å². The molecule has 0 spiro atoms. The van der Waals surface area contributed by atoms with E-state index in [1.54, 1.807) is 21.7 Å². The van der Waals surface area contributed by atoms with E-state index in [-0.39, 0.29) is 17.5 Å². The first kappa shape index (κ1) is 21.5. The van der Waals surface area contributed by atoms with Crippen LogP contribution < -0.4 is 5.56 Å². The van der Waals surface area contributed by atoms with Crippen molar-refractivity contribution in [2.24, 2.45) is 0 Å². The van der Waals surface area contributed by atoms with Gasteiger partial charge >= 0.3 is 5.97 Å². The van der Waals surface area contributed by atoms with Crippen LogP contribution in [0.2, 0.25) is 0 Å². The third kappa shape index (κ3) is 3.75. The Morgan fingerprint density at radius 2 is 1.70 bits per heavy atom. The number of nitrogens with zero attached hydrogens (tertiary/aromatic N) is 3. The second-order valence-corrected chi connectivity index (χ2v) is 9.00. The maximum Gasteiger partial charge on any atom is 0.328 e. The largest absolute Gasteiger partial charge is 0.467 e. The lowest BCUT2D eigenvalue weighted by molar-refractivity contribution is -0.145. The van der Waals surface area contributed by atoms with Crippen molar-refractivity contribution in [3.05, 3.63) is 64.4 Å². The lowest BCUT2D eigenvalue weighted by Crippen LogP contribution is -2.41. The molecule has 1 aliphatic carbocycles. The molecule has 0 unspecified atom stereocenters. The highest BCUT2D eigenvalue weighted by molar-refractivity contribution is 6.00. The van der Waals surface area contributed by atoms with Gasteiger partial charge < -0.3 is 9.64 Å². The summed E-state index contributed by atoms with van der Waals surface area (Å²) in [6, 6.07) is 14.7. The highest BCUT2D eigenvalue weighted by Crippen LogP contribution is 2.32. The second-order valence-electron chi connectivity index (χ2n) is 9.00. The standard InChI is InChI=1S/C26H29N3O4/c1-33-26(32)23-13-8-16-27(23)24(30)18-14-15-22-21(17-18)25(31)29(20-11-6-3-7-12-20)28(22)19-9-4-2-5-10-19/h3,6-7,11-12,14-15,17,19,23H,2,4-5,8-10,13,16H2,1H3/t23-/m0/s1. The van der Waals surface area contributed by atoms with E-state index in [0.29, 0.717) is 23.9 Å². The molecular weight excluding hydrogens is 418 g/mol. The normalized spacial score (nSPS) is 19.2. The first-order chi connectivity index (χ1) is 16.1. The number of para-hydroxylation sites is 1. The van der Waals surface area contributed by atoms with E-state index in [1.165, 1.54) is 13.5 Å². The Balaban J connectivity index is 1.61. The van der Waals surface area contributed by atoms with Gasteiger partial charge in [0.25, 0.3) is 11.5 Å². The van der Waals surface area contributed by atoms with Crippen LogP contribution in [0.25, 0.3) is 16.6 Å². The number of carbonyl (C=O) groups excluding carboxylic acids is 2. The molecule has 1 saturated carbocycles. The molecule has 7 heteroatoms. The van der Waals surface area contributed by atoms with Crippen molar-refractivity contribution in [3.63, 3.8) is 0 Å². The van der Waals surface area contributed by atoms with Gasteiger partial charge in [0.2, 0.25) is 0 Å². The number of aromatic nitrogens is 2. The van der Waals surface area contributed by atoms with Crippen LogP contribution in [0.3, 0.4) is 0 Å². The van der Waals surface area contributed by atoms with Crippen molar-refractivity contribution < 1.29 is 14.3 Å². The molecule has 0 radical (unpaired) electrons. The molecule has 2 aromatic carbocycles. The predicted molar refractivity (Wildman–Crippen MR) is 126 cm³/mol. The number of hydrogen-bond donors (Lipinski definition) is 0. The molecule has 2 fully saturated rings. The fourth-order valence-corrected chi connectivity index (χ4v) is 5.41. The molecule has 7 nitrogen and oxygen atoms in total. The van der Waals surface area contributed by atoms with Gasteiger partial charge in [0, 0.05) is 12.1 Å².